The van der Waals surface area contributed by atoms with Gasteiger partial charge < -0.3 is 14.8 Å². The first-order valence-corrected chi connectivity index (χ1v) is 8.47. The number of carbonyl (C=O) groups is 1. The Bertz CT molecular complexity index is 814. The normalized spacial score (nSPS) is 10.2. The van der Waals surface area contributed by atoms with E-state index in [1.807, 2.05) is 24.3 Å². The van der Waals surface area contributed by atoms with Crippen molar-refractivity contribution >= 4 is 33.7 Å². The van der Waals surface area contributed by atoms with Gasteiger partial charge in [0, 0.05) is 15.7 Å². The number of terminal acetylenes is 1. The van der Waals surface area contributed by atoms with E-state index in [4.69, 9.17) is 15.9 Å². The number of hydrogen-bond donors (Lipinski definition) is 2. The van der Waals surface area contributed by atoms with Crippen LogP contribution in [0.15, 0.2) is 52.0 Å². The van der Waals surface area contributed by atoms with Crippen molar-refractivity contribution in [2.75, 3.05) is 25.6 Å². The van der Waals surface area contributed by atoms with E-state index in [1.165, 1.54) is 6.21 Å². The summed E-state index contributed by atoms with van der Waals surface area (Å²) in [6.07, 6.45) is 6.69. The van der Waals surface area contributed by atoms with Gasteiger partial charge in [0.05, 0.1) is 19.9 Å². The van der Waals surface area contributed by atoms with Gasteiger partial charge in [-0.05, 0) is 42.5 Å². The summed E-state index contributed by atoms with van der Waals surface area (Å²) in [4.78, 5) is 11.9. The maximum Gasteiger partial charge on any atom is 0.259 e. The Balaban J connectivity index is 1.92. The predicted octanol–water partition coefficient (Wildman–Crippen LogP) is 3.03. The molecule has 0 bridgehead atoms. The average molecular weight is 416 g/mol. The zero-order valence-electron chi connectivity index (χ0n) is 14.2. The number of rotatable bonds is 8. The second-order valence-electron chi connectivity index (χ2n) is 5.05. The summed E-state index contributed by atoms with van der Waals surface area (Å²) in [5.41, 5.74) is 3.93. The molecule has 2 rings (SSSR count). The molecule has 2 N–H and O–H groups in total. The van der Waals surface area contributed by atoms with Crippen molar-refractivity contribution in [3.63, 3.8) is 0 Å². The molecule has 0 spiro atoms. The maximum absolute atomic E-state index is 11.9. The van der Waals surface area contributed by atoms with Crippen molar-refractivity contribution in [1.29, 1.82) is 0 Å². The Morgan fingerprint density at radius 3 is 2.77 bits per heavy atom. The van der Waals surface area contributed by atoms with Crippen molar-refractivity contribution in [3.8, 4) is 23.8 Å². The van der Waals surface area contributed by atoms with Gasteiger partial charge in [0.25, 0.3) is 5.91 Å². The van der Waals surface area contributed by atoms with E-state index in [-0.39, 0.29) is 19.1 Å². The smallest absolute Gasteiger partial charge is 0.259 e. The first kappa shape index (κ1) is 19.3. The summed E-state index contributed by atoms with van der Waals surface area (Å²) in [5.74, 6) is 3.32. The molecular weight excluding hydrogens is 398 g/mol. The van der Waals surface area contributed by atoms with E-state index in [9.17, 15) is 4.79 Å². The first-order valence-electron chi connectivity index (χ1n) is 7.68. The van der Waals surface area contributed by atoms with Gasteiger partial charge in [-0.1, -0.05) is 21.9 Å². The molecular formula is C19H18BrN3O3. The fourth-order valence-electron chi connectivity index (χ4n) is 1.97. The van der Waals surface area contributed by atoms with E-state index >= 15 is 0 Å². The van der Waals surface area contributed by atoms with E-state index in [2.05, 4.69) is 37.7 Å². The zero-order valence-corrected chi connectivity index (χ0v) is 15.7. The van der Waals surface area contributed by atoms with Crippen LogP contribution >= 0.6 is 15.9 Å². The SMILES string of the molecule is C#CCOc1ccc(OC)cc1/C=N\NC(=O)CNc1ccc(Br)cc1. The minimum absolute atomic E-state index is 0.0948. The van der Waals surface area contributed by atoms with Crippen molar-refractivity contribution in [1.82, 2.24) is 5.43 Å². The largest absolute Gasteiger partial charge is 0.497 e. The number of amides is 1. The number of ether oxygens (including phenoxy) is 2. The summed E-state index contributed by atoms with van der Waals surface area (Å²) >= 11 is 3.36. The number of methoxy groups -OCH3 is 1. The highest BCUT2D eigenvalue weighted by atomic mass is 79.9. The molecule has 0 saturated carbocycles. The molecule has 0 aliphatic carbocycles. The average Bonchev–Trinajstić information content (AvgIpc) is 2.66. The Labute approximate surface area is 160 Å². The molecule has 2 aromatic carbocycles. The van der Waals surface area contributed by atoms with Gasteiger partial charge >= 0.3 is 0 Å². The van der Waals surface area contributed by atoms with Crippen LogP contribution in [0.5, 0.6) is 11.5 Å². The van der Waals surface area contributed by atoms with E-state index in [1.54, 1.807) is 25.3 Å². The molecule has 0 unspecified atom stereocenters. The number of hydrazone groups is 1. The van der Waals surface area contributed by atoms with Crippen molar-refractivity contribution in [3.05, 3.63) is 52.5 Å². The lowest BCUT2D eigenvalue weighted by atomic mass is 10.2. The molecule has 0 heterocycles. The van der Waals surface area contributed by atoms with Crippen LogP contribution in [0.4, 0.5) is 5.69 Å². The number of hydrogen-bond acceptors (Lipinski definition) is 5. The number of nitrogens with one attached hydrogen (secondary N) is 2. The first-order chi connectivity index (χ1) is 12.6. The number of nitrogens with zero attached hydrogens (tertiary/aromatic N) is 1. The van der Waals surface area contributed by atoms with Crippen LogP contribution in [0.2, 0.25) is 0 Å². The topological polar surface area (TPSA) is 72.0 Å². The number of anilines is 1. The minimum atomic E-state index is -0.279. The fourth-order valence-corrected chi connectivity index (χ4v) is 2.23. The van der Waals surface area contributed by atoms with Crippen molar-refractivity contribution < 1.29 is 14.3 Å². The predicted molar refractivity (Wildman–Crippen MR) is 106 cm³/mol. The molecule has 0 fully saturated rings. The standard InChI is InChI=1S/C19H18BrN3O3/c1-3-10-26-18-9-8-17(25-2)11-14(18)12-22-23-19(24)13-21-16-6-4-15(20)5-7-16/h1,4-9,11-12,21H,10,13H2,2H3,(H,23,24)/b22-12-. The Morgan fingerprint density at radius 2 is 2.08 bits per heavy atom. The monoisotopic (exact) mass is 415 g/mol. The number of carbonyl (C=O) groups excluding carboxylic acids is 1. The second-order valence-corrected chi connectivity index (χ2v) is 5.97. The van der Waals surface area contributed by atoms with Gasteiger partial charge in [0.1, 0.15) is 18.1 Å². The quantitative estimate of drug-likeness (QED) is 0.394. The molecule has 0 aliphatic rings. The summed E-state index contributed by atoms with van der Waals surface area (Å²) in [6, 6.07) is 12.7. The second kappa shape index (κ2) is 10.1. The lowest BCUT2D eigenvalue weighted by Crippen LogP contribution is -2.25. The third-order valence-corrected chi connectivity index (χ3v) is 3.75. The molecule has 0 radical (unpaired) electrons. The van der Waals surface area contributed by atoms with Gasteiger partial charge in [0.2, 0.25) is 0 Å². The molecule has 1 amide bonds. The van der Waals surface area contributed by atoms with Crippen LogP contribution in [-0.4, -0.2) is 32.4 Å². The zero-order chi connectivity index (χ0) is 18.8. The molecule has 0 saturated heterocycles. The van der Waals surface area contributed by atoms with Gasteiger partial charge in [-0.2, -0.15) is 5.10 Å². The summed E-state index contributed by atoms with van der Waals surface area (Å²) < 4.78 is 11.6. The van der Waals surface area contributed by atoms with Crippen LogP contribution in [-0.2, 0) is 4.79 Å². The minimum Gasteiger partial charge on any atom is -0.497 e. The van der Waals surface area contributed by atoms with Crippen LogP contribution in [0.3, 0.4) is 0 Å². The number of benzene rings is 2. The van der Waals surface area contributed by atoms with Gasteiger partial charge in [-0.25, -0.2) is 5.43 Å². The highest BCUT2D eigenvalue weighted by Crippen LogP contribution is 2.22. The maximum atomic E-state index is 11.9. The van der Waals surface area contributed by atoms with Gasteiger partial charge in [-0.15, -0.1) is 6.42 Å². The molecule has 26 heavy (non-hydrogen) atoms. The Kier molecular flexibility index (Phi) is 7.52. The third-order valence-electron chi connectivity index (χ3n) is 3.22. The van der Waals surface area contributed by atoms with Crippen molar-refractivity contribution in [2.45, 2.75) is 0 Å². The highest BCUT2D eigenvalue weighted by Gasteiger charge is 2.04. The van der Waals surface area contributed by atoms with Crippen molar-refractivity contribution in [2.24, 2.45) is 5.10 Å². The Hall–Kier alpha value is -2.98. The number of halogens is 1. The molecule has 0 atom stereocenters. The molecule has 2 aromatic rings. The molecule has 7 heteroatoms. The summed E-state index contributed by atoms with van der Waals surface area (Å²) in [6.45, 7) is 0.230. The van der Waals surface area contributed by atoms with Gasteiger partial charge in [0.15, 0.2) is 0 Å². The van der Waals surface area contributed by atoms with Gasteiger partial charge in [-0.3, -0.25) is 4.79 Å². The van der Waals surface area contributed by atoms with Crippen LogP contribution in [0.1, 0.15) is 5.56 Å². The van der Waals surface area contributed by atoms with E-state index in [0.29, 0.717) is 17.1 Å². The van der Waals surface area contributed by atoms with E-state index < -0.39 is 0 Å². The molecule has 134 valence electrons. The third kappa shape index (κ3) is 6.15. The molecule has 6 nitrogen and oxygen atoms in total. The fraction of sp³-hybridized carbons (Fsp3) is 0.158. The van der Waals surface area contributed by atoms with Crippen LogP contribution < -0.4 is 20.2 Å². The highest BCUT2D eigenvalue weighted by molar-refractivity contribution is 9.10. The Morgan fingerprint density at radius 1 is 1.31 bits per heavy atom. The lowest BCUT2D eigenvalue weighted by molar-refractivity contribution is -0.119. The molecule has 0 aromatic heterocycles. The summed E-state index contributed by atoms with van der Waals surface area (Å²) in [7, 11) is 1.56. The summed E-state index contributed by atoms with van der Waals surface area (Å²) in [5, 5.41) is 6.96. The van der Waals surface area contributed by atoms with Crippen LogP contribution in [0.25, 0.3) is 0 Å². The molecule has 0 aliphatic heterocycles. The van der Waals surface area contributed by atoms with Crippen LogP contribution in [0, 0.1) is 12.3 Å². The van der Waals surface area contributed by atoms with E-state index in [0.717, 1.165) is 10.2 Å². The lowest BCUT2D eigenvalue weighted by Gasteiger charge is -2.08.